The third kappa shape index (κ3) is 5.73. The lowest BCUT2D eigenvalue weighted by Crippen LogP contribution is -2.41. The molecule has 1 heterocycles. The third-order valence-electron chi connectivity index (χ3n) is 4.91. The highest BCUT2D eigenvalue weighted by Gasteiger charge is 2.33. The van der Waals surface area contributed by atoms with Gasteiger partial charge in [0.15, 0.2) is 11.5 Å². The zero-order chi connectivity index (χ0) is 22.3. The number of hydrogen-bond acceptors (Lipinski definition) is 7. The summed E-state index contributed by atoms with van der Waals surface area (Å²) in [6.07, 6.45) is 3.93. The van der Waals surface area contributed by atoms with Crippen LogP contribution in [-0.2, 0) is 24.3 Å². The van der Waals surface area contributed by atoms with Crippen molar-refractivity contribution < 1.29 is 32.2 Å². The highest BCUT2D eigenvalue weighted by atomic mass is 32.2. The van der Waals surface area contributed by atoms with Gasteiger partial charge in [-0.15, -0.1) is 0 Å². The maximum Gasteiger partial charge on any atom is 0.330 e. The minimum absolute atomic E-state index is 0.0332. The molecule has 0 radical (unpaired) electrons. The predicted molar refractivity (Wildman–Crippen MR) is 111 cm³/mol. The van der Waals surface area contributed by atoms with E-state index in [1.807, 2.05) is 0 Å². The molecule has 1 aliphatic heterocycles. The van der Waals surface area contributed by atoms with Crippen LogP contribution in [0.4, 0.5) is 0 Å². The number of carbonyl (C=O) groups excluding carboxylic acids is 2. The first kappa shape index (κ1) is 23.7. The van der Waals surface area contributed by atoms with Gasteiger partial charge in [0.2, 0.25) is 15.9 Å². The first-order chi connectivity index (χ1) is 14.2. The molecule has 2 rings (SSSR count). The SMILES string of the molecule is COC(=O)/C=C/c1cc(OC)c(OC)c(S(=O)(=O)N2CCC(CNC(C)=O)CC2)c1. The molecule has 1 fully saturated rings. The number of methoxy groups -OCH3 is 3. The molecular formula is C20H28N2O7S. The largest absolute Gasteiger partial charge is 0.493 e. The molecule has 0 aliphatic carbocycles. The van der Waals surface area contributed by atoms with E-state index in [1.165, 1.54) is 50.8 Å². The van der Waals surface area contributed by atoms with E-state index >= 15 is 0 Å². The lowest BCUT2D eigenvalue weighted by Gasteiger charge is -2.31. The average molecular weight is 441 g/mol. The highest BCUT2D eigenvalue weighted by molar-refractivity contribution is 7.89. The van der Waals surface area contributed by atoms with Gasteiger partial charge < -0.3 is 19.5 Å². The fourth-order valence-corrected chi connectivity index (χ4v) is 4.92. The van der Waals surface area contributed by atoms with E-state index < -0.39 is 16.0 Å². The number of piperidine rings is 1. The topological polar surface area (TPSA) is 111 Å². The summed E-state index contributed by atoms with van der Waals surface area (Å²) >= 11 is 0. The number of nitrogens with one attached hydrogen (secondary N) is 1. The molecule has 0 saturated carbocycles. The molecule has 166 valence electrons. The molecule has 0 spiro atoms. The second kappa shape index (κ2) is 10.4. The summed E-state index contributed by atoms with van der Waals surface area (Å²) in [5.41, 5.74) is 0.456. The molecule has 0 atom stereocenters. The number of hydrogen-bond donors (Lipinski definition) is 1. The molecule has 1 aromatic carbocycles. The van der Waals surface area contributed by atoms with Crippen LogP contribution in [0.1, 0.15) is 25.3 Å². The van der Waals surface area contributed by atoms with Gasteiger partial charge in [-0.2, -0.15) is 4.31 Å². The van der Waals surface area contributed by atoms with Crippen LogP contribution >= 0.6 is 0 Å². The normalized spacial score (nSPS) is 15.7. The van der Waals surface area contributed by atoms with Crippen molar-refractivity contribution in [3.05, 3.63) is 23.8 Å². The monoisotopic (exact) mass is 440 g/mol. The molecule has 10 heteroatoms. The van der Waals surface area contributed by atoms with Crippen LogP contribution in [0, 0.1) is 5.92 Å². The van der Waals surface area contributed by atoms with E-state index in [4.69, 9.17) is 9.47 Å². The number of carbonyl (C=O) groups is 2. The maximum absolute atomic E-state index is 13.4. The van der Waals surface area contributed by atoms with E-state index in [1.54, 1.807) is 6.07 Å². The van der Waals surface area contributed by atoms with Crippen molar-refractivity contribution in [2.45, 2.75) is 24.7 Å². The molecule has 1 amide bonds. The number of benzene rings is 1. The third-order valence-corrected chi connectivity index (χ3v) is 6.82. The van der Waals surface area contributed by atoms with Crippen molar-refractivity contribution in [3.63, 3.8) is 0 Å². The van der Waals surface area contributed by atoms with Crippen LogP contribution in [0.2, 0.25) is 0 Å². The number of nitrogens with zero attached hydrogens (tertiary/aromatic N) is 1. The summed E-state index contributed by atoms with van der Waals surface area (Å²) in [6.45, 7) is 2.66. The minimum Gasteiger partial charge on any atom is -0.493 e. The average Bonchev–Trinajstić information content (AvgIpc) is 2.75. The summed E-state index contributed by atoms with van der Waals surface area (Å²) in [5.74, 6) is -0.0861. The molecule has 0 aromatic heterocycles. The van der Waals surface area contributed by atoms with Gasteiger partial charge in [-0.1, -0.05) is 0 Å². The summed E-state index contributed by atoms with van der Waals surface area (Å²) < 4.78 is 43.3. The summed E-state index contributed by atoms with van der Waals surface area (Å²) in [4.78, 5) is 22.5. The van der Waals surface area contributed by atoms with Gasteiger partial charge in [-0.3, -0.25) is 4.79 Å². The zero-order valence-corrected chi connectivity index (χ0v) is 18.5. The molecular weight excluding hydrogens is 412 g/mol. The van der Waals surface area contributed by atoms with Crippen molar-refractivity contribution in [1.29, 1.82) is 0 Å². The van der Waals surface area contributed by atoms with E-state index in [9.17, 15) is 18.0 Å². The van der Waals surface area contributed by atoms with Crippen LogP contribution in [0.3, 0.4) is 0 Å². The molecule has 0 bridgehead atoms. The fraction of sp³-hybridized carbons (Fsp3) is 0.500. The molecule has 30 heavy (non-hydrogen) atoms. The Balaban J connectivity index is 2.32. The van der Waals surface area contributed by atoms with Gasteiger partial charge in [-0.05, 0) is 42.5 Å². The van der Waals surface area contributed by atoms with Gasteiger partial charge in [0.1, 0.15) is 4.90 Å². The van der Waals surface area contributed by atoms with E-state index in [0.29, 0.717) is 38.0 Å². The van der Waals surface area contributed by atoms with E-state index in [2.05, 4.69) is 10.1 Å². The Morgan fingerprint density at radius 1 is 1.17 bits per heavy atom. The van der Waals surface area contributed by atoms with Crippen molar-refractivity contribution in [1.82, 2.24) is 9.62 Å². The van der Waals surface area contributed by atoms with Crippen molar-refractivity contribution >= 4 is 28.0 Å². The lowest BCUT2D eigenvalue weighted by molar-refractivity contribution is -0.134. The molecule has 0 unspecified atom stereocenters. The molecule has 1 N–H and O–H groups in total. The minimum atomic E-state index is -3.87. The maximum atomic E-state index is 13.4. The van der Waals surface area contributed by atoms with Crippen LogP contribution in [0.15, 0.2) is 23.1 Å². The Kier molecular flexibility index (Phi) is 8.24. The summed E-state index contributed by atoms with van der Waals surface area (Å²) in [6, 6.07) is 3.02. The predicted octanol–water partition coefficient (Wildman–Crippen LogP) is 1.43. The van der Waals surface area contributed by atoms with E-state index in [0.717, 1.165) is 0 Å². The number of rotatable bonds is 8. The second-order valence-corrected chi connectivity index (χ2v) is 8.80. The second-order valence-electron chi connectivity index (χ2n) is 6.90. The first-order valence-corrected chi connectivity index (χ1v) is 10.9. The van der Waals surface area contributed by atoms with Crippen molar-refractivity contribution in [3.8, 4) is 11.5 Å². The highest BCUT2D eigenvalue weighted by Crippen LogP contribution is 2.38. The number of esters is 1. The van der Waals surface area contributed by atoms with Gasteiger partial charge >= 0.3 is 5.97 Å². The number of ether oxygens (including phenoxy) is 3. The molecule has 1 aromatic rings. The molecule has 9 nitrogen and oxygen atoms in total. The van der Waals surface area contributed by atoms with E-state index in [-0.39, 0.29) is 28.2 Å². The first-order valence-electron chi connectivity index (χ1n) is 9.49. The Morgan fingerprint density at radius 2 is 1.83 bits per heavy atom. The van der Waals surface area contributed by atoms with Crippen LogP contribution in [0.5, 0.6) is 11.5 Å². The van der Waals surface area contributed by atoms with Crippen LogP contribution in [-0.4, -0.2) is 65.6 Å². The van der Waals surface area contributed by atoms with Crippen molar-refractivity contribution in [2.75, 3.05) is 41.0 Å². The smallest absolute Gasteiger partial charge is 0.330 e. The van der Waals surface area contributed by atoms with Gasteiger partial charge in [0, 0.05) is 32.6 Å². The number of amides is 1. The summed E-state index contributed by atoms with van der Waals surface area (Å²) in [5, 5.41) is 2.78. The standard InChI is InChI=1S/C20H28N2O7S/c1-14(23)21-13-15-7-9-22(10-8-15)30(25,26)18-12-16(5-6-19(24)28-3)11-17(27-2)20(18)29-4/h5-6,11-12,15H,7-10,13H2,1-4H3,(H,21,23)/b6-5+. The van der Waals surface area contributed by atoms with Gasteiger partial charge in [0.25, 0.3) is 0 Å². The molecule has 1 aliphatic rings. The molecule has 1 saturated heterocycles. The van der Waals surface area contributed by atoms with Crippen LogP contribution < -0.4 is 14.8 Å². The lowest BCUT2D eigenvalue weighted by atomic mass is 9.98. The Bertz CT molecular complexity index is 904. The van der Waals surface area contributed by atoms with Gasteiger partial charge in [0.05, 0.1) is 21.3 Å². The number of sulfonamides is 1. The fourth-order valence-electron chi connectivity index (χ4n) is 3.25. The Labute approximate surface area is 177 Å². The zero-order valence-electron chi connectivity index (χ0n) is 17.6. The Morgan fingerprint density at radius 3 is 2.37 bits per heavy atom. The summed E-state index contributed by atoms with van der Waals surface area (Å²) in [7, 11) is 0.177. The van der Waals surface area contributed by atoms with Crippen LogP contribution in [0.25, 0.3) is 6.08 Å². The quantitative estimate of drug-likeness (QED) is 0.481. The van der Waals surface area contributed by atoms with Gasteiger partial charge in [-0.25, -0.2) is 13.2 Å². The van der Waals surface area contributed by atoms with Crippen molar-refractivity contribution in [2.24, 2.45) is 5.92 Å². The Hall–Kier alpha value is -2.59.